The van der Waals surface area contributed by atoms with Crippen LogP contribution in [0, 0.1) is 0 Å². The highest BCUT2D eigenvalue weighted by Crippen LogP contribution is 2.24. The fraction of sp³-hybridized carbons (Fsp3) is 0.250. The van der Waals surface area contributed by atoms with Gasteiger partial charge in [0, 0.05) is 17.1 Å². The summed E-state index contributed by atoms with van der Waals surface area (Å²) < 4.78 is 10.4. The number of hydrogen-bond donors (Lipinski definition) is 1. The van der Waals surface area contributed by atoms with Crippen LogP contribution in [-0.2, 0) is 9.53 Å². The number of hydrogen-bond acceptors (Lipinski definition) is 5. The van der Waals surface area contributed by atoms with Gasteiger partial charge in [-0.15, -0.1) is 0 Å². The Labute approximate surface area is 162 Å². The number of benzene rings is 2. The van der Waals surface area contributed by atoms with Crippen LogP contribution < -0.4 is 10.1 Å². The molecule has 0 fully saturated rings. The van der Waals surface area contributed by atoms with Crippen molar-refractivity contribution in [2.45, 2.75) is 20.3 Å². The lowest BCUT2D eigenvalue weighted by Gasteiger charge is -2.11. The second-order valence-corrected chi connectivity index (χ2v) is 5.99. The van der Waals surface area contributed by atoms with Crippen molar-refractivity contribution in [1.29, 1.82) is 0 Å². The van der Waals surface area contributed by atoms with Crippen molar-refractivity contribution in [3.63, 3.8) is 0 Å². The Bertz CT molecular complexity index is 833. The Morgan fingerprint density at radius 3 is 2.37 bits per heavy atom. The zero-order valence-electron chi connectivity index (χ0n) is 15.1. The third-order valence-corrected chi connectivity index (χ3v) is 3.84. The Kier molecular flexibility index (Phi) is 7.37. The number of carbonyl (C=O) groups is 3. The van der Waals surface area contributed by atoms with Crippen molar-refractivity contribution < 1.29 is 23.9 Å². The zero-order valence-corrected chi connectivity index (χ0v) is 15.8. The van der Waals surface area contributed by atoms with Crippen LogP contribution in [0.2, 0.25) is 5.02 Å². The number of anilines is 1. The van der Waals surface area contributed by atoms with E-state index in [-0.39, 0.29) is 12.4 Å². The summed E-state index contributed by atoms with van der Waals surface area (Å²) in [5.41, 5.74) is 1.25. The highest BCUT2D eigenvalue weighted by atomic mass is 35.5. The maximum absolute atomic E-state index is 12.1. The van der Waals surface area contributed by atoms with E-state index in [0.29, 0.717) is 40.6 Å². The van der Waals surface area contributed by atoms with Crippen LogP contribution in [0.5, 0.6) is 5.75 Å². The number of nitrogens with one attached hydrogen (secondary N) is 1. The molecule has 7 heteroatoms. The molecular formula is C20H20ClNO5. The van der Waals surface area contributed by atoms with Gasteiger partial charge in [-0.2, -0.15) is 0 Å². The lowest BCUT2D eigenvalue weighted by atomic mass is 10.1. The Balaban J connectivity index is 1.97. The van der Waals surface area contributed by atoms with Crippen LogP contribution in [0.15, 0.2) is 42.5 Å². The number of halogens is 1. The highest BCUT2D eigenvalue weighted by Gasteiger charge is 2.13. The summed E-state index contributed by atoms with van der Waals surface area (Å²) in [6.07, 6.45) is 0.301. The number of ketones is 1. The molecule has 0 radical (unpaired) electrons. The molecule has 0 heterocycles. The lowest BCUT2D eigenvalue weighted by molar-refractivity contribution is -0.118. The van der Waals surface area contributed by atoms with Crippen LogP contribution >= 0.6 is 11.6 Å². The van der Waals surface area contributed by atoms with Gasteiger partial charge in [-0.25, -0.2) is 4.79 Å². The second-order valence-electron chi connectivity index (χ2n) is 5.55. The largest absolute Gasteiger partial charge is 0.483 e. The summed E-state index contributed by atoms with van der Waals surface area (Å²) >= 11 is 5.92. The standard InChI is InChI=1S/C20H20ClNO5/c1-3-17(23)16-11-14(21)7-10-18(16)27-12-19(24)22-15-8-5-13(6-9-15)20(25)26-4-2/h5-11H,3-4,12H2,1-2H3,(H,22,24). The molecule has 6 nitrogen and oxygen atoms in total. The summed E-state index contributed by atoms with van der Waals surface area (Å²) in [5, 5.41) is 3.08. The highest BCUT2D eigenvalue weighted by molar-refractivity contribution is 6.31. The molecule has 0 unspecified atom stereocenters. The fourth-order valence-electron chi connectivity index (χ4n) is 2.28. The van der Waals surface area contributed by atoms with E-state index in [0.717, 1.165) is 0 Å². The minimum absolute atomic E-state index is 0.123. The average Bonchev–Trinajstić information content (AvgIpc) is 2.67. The van der Waals surface area contributed by atoms with E-state index in [1.165, 1.54) is 6.07 Å². The van der Waals surface area contributed by atoms with Crippen LogP contribution in [0.3, 0.4) is 0 Å². The van der Waals surface area contributed by atoms with E-state index in [2.05, 4.69) is 5.32 Å². The Morgan fingerprint density at radius 2 is 1.74 bits per heavy atom. The molecule has 0 atom stereocenters. The molecule has 2 aromatic rings. The molecule has 0 aliphatic carbocycles. The SMILES string of the molecule is CCOC(=O)c1ccc(NC(=O)COc2ccc(Cl)cc2C(=O)CC)cc1. The van der Waals surface area contributed by atoms with Crippen molar-refractivity contribution in [3.05, 3.63) is 58.6 Å². The first-order valence-corrected chi connectivity index (χ1v) is 8.85. The molecule has 0 aliphatic heterocycles. The van der Waals surface area contributed by atoms with Crippen molar-refractivity contribution in [3.8, 4) is 5.75 Å². The number of ether oxygens (including phenoxy) is 2. The van der Waals surface area contributed by atoms with E-state index in [1.54, 1.807) is 50.2 Å². The molecule has 0 aromatic heterocycles. The van der Waals surface area contributed by atoms with Gasteiger partial charge >= 0.3 is 5.97 Å². The second kappa shape index (κ2) is 9.73. The third kappa shape index (κ3) is 5.82. The predicted octanol–water partition coefficient (Wildman–Crippen LogP) is 4.13. The van der Waals surface area contributed by atoms with E-state index >= 15 is 0 Å². The smallest absolute Gasteiger partial charge is 0.338 e. The summed E-state index contributed by atoms with van der Waals surface area (Å²) in [5.74, 6) is -0.639. The van der Waals surface area contributed by atoms with Crippen LogP contribution in [-0.4, -0.2) is 30.9 Å². The van der Waals surface area contributed by atoms with Gasteiger partial charge in [0.2, 0.25) is 0 Å². The van der Waals surface area contributed by atoms with Gasteiger partial charge in [0.05, 0.1) is 17.7 Å². The molecule has 2 rings (SSSR count). The molecule has 1 amide bonds. The number of rotatable bonds is 8. The molecular weight excluding hydrogens is 370 g/mol. The number of esters is 1. The van der Waals surface area contributed by atoms with Gasteiger partial charge in [-0.3, -0.25) is 9.59 Å². The first-order valence-electron chi connectivity index (χ1n) is 8.47. The number of Topliss-reactive ketones (excluding diaryl/α,β-unsaturated/α-hetero) is 1. The molecule has 2 aromatic carbocycles. The van der Waals surface area contributed by atoms with Gasteiger partial charge in [0.1, 0.15) is 5.75 Å². The van der Waals surface area contributed by atoms with Gasteiger partial charge < -0.3 is 14.8 Å². The fourth-order valence-corrected chi connectivity index (χ4v) is 2.45. The topological polar surface area (TPSA) is 81.7 Å². The van der Waals surface area contributed by atoms with Crippen LogP contribution in [0.4, 0.5) is 5.69 Å². The summed E-state index contributed by atoms with van der Waals surface area (Å²) in [6.45, 7) is 3.49. The summed E-state index contributed by atoms with van der Waals surface area (Å²) in [7, 11) is 0. The number of carbonyl (C=O) groups excluding carboxylic acids is 3. The molecule has 0 saturated carbocycles. The molecule has 142 valence electrons. The van der Waals surface area contributed by atoms with E-state index < -0.39 is 11.9 Å². The first kappa shape index (κ1) is 20.5. The predicted molar refractivity (Wildman–Crippen MR) is 103 cm³/mol. The molecule has 1 N–H and O–H groups in total. The zero-order chi connectivity index (χ0) is 19.8. The molecule has 0 saturated heterocycles. The first-order chi connectivity index (χ1) is 12.9. The maximum atomic E-state index is 12.1. The van der Waals surface area contributed by atoms with Gasteiger partial charge in [-0.1, -0.05) is 18.5 Å². The van der Waals surface area contributed by atoms with Gasteiger partial charge in [-0.05, 0) is 49.4 Å². The molecule has 27 heavy (non-hydrogen) atoms. The number of amides is 1. The van der Waals surface area contributed by atoms with Crippen LogP contribution in [0.25, 0.3) is 0 Å². The average molecular weight is 390 g/mol. The van der Waals surface area contributed by atoms with Crippen LogP contribution in [0.1, 0.15) is 41.0 Å². The van der Waals surface area contributed by atoms with E-state index in [1.807, 2.05) is 0 Å². The van der Waals surface area contributed by atoms with Crippen molar-refractivity contribution in [1.82, 2.24) is 0 Å². The molecule has 0 bridgehead atoms. The third-order valence-electron chi connectivity index (χ3n) is 3.60. The maximum Gasteiger partial charge on any atom is 0.338 e. The van der Waals surface area contributed by atoms with Crippen molar-refractivity contribution >= 4 is 34.9 Å². The lowest BCUT2D eigenvalue weighted by Crippen LogP contribution is -2.21. The Morgan fingerprint density at radius 1 is 1.04 bits per heavy atom. The monoisotopic (exact) mass is 389 g/mol. The van der Waals surface area contributed by atoms with Gasteiger partial charge in [0.25, 0.3) is 5.91 Å². The van der Waals surface area contributed by atoms with Crippen molar-refractivity contribution in [2.75, 3.05) is 18.5 Å². The summed E-state index contributed by atoms with van der Waals surface area (Å²) in [4.78, 5) is 35.7. The quantitative estimate of drug-likeness (QED) is 0.542. The molecule has 0 aliphatic rings. The minimum atomic E-state index is -0.422. The normalized spacial score (nSPS) is 10.2. The van der Waals surface area contributed by atoms with Gasteiger partial charge in [0.15, 0.2) is 12.4 Å². The Hall–Kier alpha value is -2.86. The molecule has 0 spiro atoms. The minimum Gasteiger partial charge on any atom is -0.483 e. The van der Waals surface area contributed by atoms with E-state index in [4.69, 9.17) is 21.1 Å². The van der Waals surface area contributed by atoms with E-state index in [9.17, 15) is 14.4 Å². The summed E-state index contributed by atoms with van der Waals surface area (Å²) in [6, 6.07) is 11.0. The van der Waals surface area contributed by atoms with Crippen molar-refractivity contribution in [2.24, 2.45) is 0 Å².